The molecule has 0 aliphatic heterocycles. The normalized spacial score (nSPS) is 12.8. The molecule has 3 heteroatoms. The molecule has 0 saturated heterocycles. The molecule has 96 valence electrons. The van der Waals surface area contributed by atoms with Crippen LogP contribution in [-0.2, 0) is 10.8 Å². The van der Waals surface area contributed by atoms with Gasteiger partial charge >= 0.3 is 0 Å². The van der Waals surface area contributed by atoms with Crippen molar-refractivity contribution >= 4 is 16.5 Å². The van der Waals surface area contributed by atoms with Gasteiger partial charge in [0.2, 0.25) is 0 Å². The van der Waals surface area contributed by atoms with Crippen LogP contribution in [0.25, 0.3) is 0 Å². The lowest BCUT2D eigenvalue weighted by atomic mass is 10.3. The van der Waals surface area contributed by atoms with Gasteiger partial charge in [0, 0.05) is 29.4 Å². The Labute approximate surface area is 107 Å². The number of nitrogens with zero attached hydrogens (tertiary/aromatic N) is 1. The standard InChI is InChI=1S/C14H23NOS/c1-5-15(6-2)13-7-9-14(10-8-13)17(16)11-12(3)4/h7-10,12H,5-6,11H2,1-4H3. The highest BCUT2D eigenvalue weighted by Crippen LogP contribution is 2.17. The fourth-order valence-electron chi connectivity index (χ4n) is 1.80. The van der Waals surface area contributed by atoms with Gasteiger partial charge in [0.1, 0.15) is 0 Å². The summed E-state index contributed by atoms with van der Waals surface area (Å²) in [5, 5.41) is 0. The highest BCUT2D eigenvalue weighted by molar-refractivity contribution is 7.85. The van der Waals surface area contributed by atoms with E-state index in [1.54, 1.807) is 0 Å². The van der Waals surface area contributed by atoms with E-state index < -0.39 is 10.8 Å². The first-order valence-electron chi connectivity index (χ1n) is 6.31. The molecule has 0 bridgehead atoms. The Hall–Kier alpha value is -0.830. The van der Waals surface area contributed by atoms with E-state index in [2.05, 4.69) is 44.7 Å². The van der Waals surface area contributed by atoms with Crippen molar-refractivity contribution in [2.24, 2.45) is 5.92 Å². The van der Waals surface area contributed by atoms with E-state index in [0.29, 0.717) is 5.92 Å². The summed E-state index contributed by atoms with van der Waals surface area (Å²) >= 11 is 0. The Bertz CT molecular complexity index is 355. The Morgan fingerprint density at radius 1 is 1.12 bits per heavy atom. The van der Waals surface area contributed by atoms with Crippen LogP contribution in [-0.4, -0.2) is 23.1 Å². The Morgan fingerprint density at radius 3 is 2.06 bits per heavy atom. The van der Waals surface area contributed by atoms with Gasteiger partial charge in [0.05, 0.1) is 10.8 Å². The van der Waals surface area contributed by atoms with Crippen LogP contribution in [0.15, 0.2) is 29.2 Å². The summed E-state index contributed by atoms with van der Waals surface area (Å²) in [5.74, 6) is 1.21. The van der Waals surface area contributed by atoms with Crippen molar-refractivity contribution in [3.8, 4) is 0 Å². The molecule has 0 spiro atoms. The first-order chi connectivity index (χ1) is 8.08. The van der Waals surface area contributed by atoms with Gasteiger partial charge in [-0.05, 0) is 44.0 Å². The van der Waals surface area contributed by atoms with Gasteiger partial charge in [-0.1, -0.05) is 13.8 Å². The Kier molecular flexibility index (Phi) is 5.69. The lowest BCUT2D eigenvalue weighted by Gasteiger charge is -2.21. The summed E-state index contributed by atoms with van der Waals surface area (Å²) in [7, 11) is -0.857. The van der Waals surface area contributed by atoms with Crippen molar-refractivity contribution in [2.45, 2.75) is 32.6 Å². The highest BCUT2D eigenvalue weighted by atomic mass is 32.2. The van der Waals surface area contributed by atoms with Crippen LogP contribution in [0.2, 0.25) is 0 Å². The summed E-state index contributed by atoms with van der Waals surface area (Å²) in [5.41, 5.74) is 1.21. The number of rotatable bonds is 6. The predicted molar refractivity (Wildman–Crippen MR) is 76.1 cm³/mol. The molecule has 1 rings (SSSR count). The molecular formula is C14H23NOS. The third kappa shape index (κ3) is 4.15. The Morgan fingerprint density at radius 2 is 1.65 bits per heavy atom. The van der Waals surface area contributed by atoms with Gasteiger partial charge < -0.3 is 4.90 Å². The fraction of sp³-hybridized carbons (Fsp3) is 0.571. The largest absolute Gasteiger partial charge is 0.372 e. The zero-order valence-electron chi connectivity index (χ0n) is 11.3. The minimum atomic E-state index is -0.857. The lowest BCUT2D eigenvalue weighted by Crippen LogP contribution is -2.21. The smallest absolute Gasteiger partial charge is 0.0532 e. The molecule has 0 amide bonds. The molecule has 0 aliphatic carbocycles. The maximum absolute atomic E-state index is 12.0. The molecular weight excluding hydrogens is 230 g/mol. The monoisotopic (exact) mass is 253 g/mol. The second-order valence-electron chi connectivity index (χ2n) is 4.57. The molecule has 0 heterocycles. The third-order valence-corrected chi connectivity index (χ3v) is 4.48. The molecule has 0 fully saturated rings. The van der Waals surface area contributed by atoms with E-state index in [4.69, 9.17) is 0 Å². The first-order valence-corrected chi connectivity index (χ1v) is 7.63. The predicted octanol–water partition coefficient (Wildman–Crippen LogP) is 3.30. The molecule has 0 aliphatic rings. The lowest BCUT2D eigenvalue weighted by molar-refractivity contribution is 0.665. The fourth-order valence-corrected chi connectivity index (χ4v) is 3.03. The van der Waals surface area contributed by atoms with Crippen molar-refractivity contribution in [3.05, 3.63) is 24.3 Å². The topological polar surface area (TPSA) is 20.3 Å². The third-order valence-electron chi connectivity index (χ3n) is 2.71. The number of benzene rings is 1. The first kappa shape index (κ1) is 14.2. The van der Waals surface area contributed by atoms with Crippen molar-refractivity contribution < 1.29 is 4.21 Å². The van der Waals surface area contributed by atoms with Crippen molar-refractivity contribution in [1.82, 2.24) is 0 Å². The summed E-state index contributed by atoms with van der Waals surface area (Å²) in [6.07, 6.45) is 0. The van der Waals surface area contributed by atoms with Crippen LogP contribution in [0.4, 0.5) is 5.69 Å². The second-order valence-corrected chi connectivity index (χ2v) is 6.07. The van der Waals surface area contributed by atoms with Crippen LogP contribution < -0.4 is 4.90 Å². The van der Waals surface area contributed by atoms with Gasteiger partial charge in [-0.3, -0.25) is 4.21 Å². The van der Waals surface area contributed by atoms with Gasteiger partial charge in [-0.25, -0.2) is 0 Å². The summed E-state index contributed by atoms with van der Waals surface area (Å²) in [4.78, 5) is 3.23. The molecule has 0 N–H and O–H groups in total. The van der Waals surface area contributed by atoms with E-state index in [1.165, 1.54) is 5.69 Å². The minimum absolute atomic E-state index is 0.471. The maximum Gasteiger partial charge on any atom is 0.0532 e. The molecule has 0 aromatic heterocycles. The van der Waals surface area contributed by atoms with Crippen LogP contribution in [0, 0.1) is 5.92 Å². The van der Waals surface area contributed by atoms with Crippen molar-refractivity contribution in [2.75, 3.05) is 23.7 Å². The number of anilines is 1. The second kappa shape index (κ2) is 6.80. The minimum Gasteiger partial charge on any atom is -0.372 e. The summed E-state index contributed by atoms with van der Waals surface area (Å²) in [6, 6.07) is 8.12. The number of hydrogen-bond donors (Lipinski definition) is 0. The van der Waals surface area contributed by atoms with Crippen LogP contribution in [0.1, 0.15) is 27.7 Å². The van der Waals surface area contributed by atoms with Crippen LogP contribution in [0.3, 0.4) is 0 Å². The van der Waals surface area contributed by atoms with Gasteiger partial charge in [-0.15, -0.1) is 0 Å². The SMILES string of the molecule is CCN(CC)c1ccc(S(=O)CC(C)C)cc1. The van der Waals surface area contributed by atoms with Gasteiger partial charge in [-0.2, -0.15) is 0 Å². The Balaban J connectivity index is 2.77. The summed E-state index contributed by atoms with van der Waals surface area (Å²) in [6.45, 7) is 10.5. The van der Waals surface area contributed by atoms with Crippen molar-refractivity contribution in [1.29, 1.82) is 0 Å². The molecule has 1 unspecified atom stereocenters. The van der Waals surface area contributed by atoms with E-state index in [0.717, 1.165) is 23.7 Å². The van der Waals surface area contributed by atoms with Gasteiger partial charge in [0.25, 0.3) is 0 Å². The van der Waals surface area contributed by atoms with E-state index in [-0.39, 0.29) is 0 Å². The van der Waals surface area contributed by atoms with Crippen LogP contribution >= 0.6 is 0 Å². The van der Waals surface area contributed by atoms with Crippen LogP contribution in [0.5, 0.6) is 0 Å². The molecule has 1 aromatic rings. The number of hydrogen-bond acceptors (Lipinski definition) is 2. The average Bonchev–Trinajstić information content (AvgIpc) is 2.30. The molecule has 1 aromatic carbocycles. The van der Waals surface area contributed by atoms with E-state index in [9.17, 15) is 4.21 Å². The van der Waals surface area contributed by atoms with Gasteiger partial charge in [0.15, 0.2) is 0 Å². The van der Waals surface area contributed by atoms with Crippen molar-refractivity contribution in [3.63, 3.8) is 0 Å². The zero-order chi connectivity index (χ0) is 12.8. The quantitative estimate of drug-likeness (QED) is 0.775. The average molecular weight is 253 g/mol. The zero-order valence-corrected chi connectivity index (χ0v) is 12.1. The molecule has 2 nitrogen and oxygen atoms in total. The maximum atomic E-state index is 12.0. The summed E-state index contributed by atoms with van der Waals surface area (Å²) < 4.78 is 12.0. The molecule has 17 heavy (non-hydrogen) atoms. The van der Waals surface area contributed by atoms with E-state index >= 15 is 0 Å². The van der Waals surface area contributed by atoms with E-state index in [1.807, 2.05) is 12.1 Å². The molecule has 0 radical (unpaired) electrons. The molecule has 1 atom stereocenters. The molecule has 0 saturated carbocycles. The highest BCUT2D eigenvalue weighted by Gasteiger charge is 2.07.